The van der Waals surface area contributed by atoms with E-state index in [9.17, 15) is 8.78 Å². The van der Waals surface area contributed by atoms with Gasteiger partial charge in [0.2, 0.25) is 0 Å². The zero-order valence-corrected chi connectivity index (χ0v) is 10.9. The number of halogens is 2. The molecule has 1 aromatic rings. The summed E-state index contributed by atoms with van der Waals surface area (Å²) in [4.78, 5) is 0. The lowest BCUT2D eigenvalue weighted by atomic mass is 10.0. The Kier molecular flexibility index (Phi) is 6.22. The Balaban J connectivity index is 2.70. The van der Waals surface area contributed by atoms with Crippen LogP contribution in [0.1, 0.15) is 44.7 Å². The number of nitrogens with one attached hydrogen (secondary N) is 1. The van der Waals surface area contributed by atoms with Gasteiger partial charge in [-0.2, -0.15) is 0 Å². The molecule has 0 spiro atoms. The fourth-order valence-electron chi connectivity index (χ4n) is 2.04. The van der Waals surface area contributed by atoms with Gasteiger partial charge in [0, 0.05) is 30.3 Å². The summed E-state index contributed by atoms with van der Waals surface area (Å²) >= 11 is 0. The Hall–Kier alpha value is -1.00. The predicted molar refractivity (Wildman–Crippen MR) is 68.3 cm³/mol. The van der Waals surface area contributed by atoms with Crippen LogP contribution in [0, 0.1) is 11.6 Å². The van der Waals surface area contributed by atoms with Gasteiger partial charge in [-0.3, -0.25) is 0 Å². The van der Waals surface area contributed by atoms with Crippen molar-refractivity contribution >= 4 is 0 Å². The molecule has 2 unspecified atom stereocenters. The second kappa shape index (κ2) is 7.44. The minimum Gasteiger partial charge on any atom is -0.396 e. The lowest BCUT2D eigenvalue weighted by molar-refractivity contribution is 0.273. The molecule has 0 aliphatic rings. The van der Waals surface area contributed by atoms with E-state index in [1.807, 2.05) is 13.8 Å². The van der Waals surface area contributed by atoms with E-state index in [1.165, 1.54) is 12.1 Å². The molecule has 0 aliphatic heterocycles. The van der Waals surface area contributed by atoms with Crippen molar-refractivity contribution in [1.29, 1.82) is 0 Å². The van der Waals surface area contributed by atoms with Crippen LogP contribution in [0.25, 0.3) is 0 Å². The van der Waals surface area contributed by atoms with Gasteiger partial charge in [-0.05, 0) is 32.3 Å². The Bertz CT molecular complexity index is 371. The van der Waals surface area contributed by atoms with Crippen LogP contribution in [0.3, 0.4) is 0 Å². The zero-order chi connectivity index (χ0) is 13.5. The number of aliphatic hydroxyl groups excluding tert-OH is 1. The number of benzene rings is 1. The summed E-state index contributed by atoms with van der Waals surface area (Å²) in [6.45, 7) is 4.12. The third-order valence-corrected chi connectivity index (χ3v) is 3.03. The van der Waals surface area contributed by atoms with Crippen molar-refractivity contribution in [2.45, 2.75) is 45.2 Å². The number of rotatable bonds is 7. The molecule has 4 heteroatoms. The van der Waals surface area contributed by atoms with Gasteiger partial charge < -0.3 is 10.4 Å². The number of hydrogen-bond acceptors (Lipinski definition) is 2. The molecule has 0 fully saturated rings. The maximum Gasteiger partial charge on any atom is 0.130 e. The van der Waals surface area contributed by atoms with E-state index in [1.54, 1.807) is 0 Å². The van der Waals surface area contributed by atoms with Crippen molar-refractivity contribution in [2.75, 3.05) is 6.61 Å². The van der Waals surface area contributed by atoms with Crippen LogP contribution < -0.4 is 5.32 Å². The Morgan fingerprint density at radius 1 is 1.33 bits per heavy atom. The van der Waals surface area contributed by atoms with Crippen LogP contribution in [0.5, 0.6) is 0 Å². The standard InChI is InChI=1S/C14H21F2NO/c1-3-14(17-10(2)5-4-8-18)12-7-6-11(15)9-13(12)16/h6-7,9-10,14,17-18H,3-5,8H2,1-2H3. The molecule has 2 atom stereocenters. The summed E-state index contributed by atoms with van der Waals surface area (Å²) in [6, 6.07) is 3.75. The number of hydrogen-bond donors (Lipinski definition) is 2. The molecular weight excluding hydrogens is 236 g/mol. The van der Waals surface area contributed by atoms with Crippen LogP contribution in [-0.4, -0.2) is 17.8 Å². The molecule has 0 aromatic heterocycles. The molecule has 2 nitrogen and oxygen atoms in total. The normalized spacial score (nSPS) is 14.5. The quantitative estimate of drug-likeness (QED) is 0.786. The minimum atomic E-state index is -0.556. The molecule has 102 valence electrons. The van der Waals surface area contributed by atoms with Gasteiger partial charge in [-0.15, -0.1) is 0 Å². The average molecular weight is 257 g/mol. The van der Waals surface area contributed by atoms with E-state index >= 15 is 0 Å². The minimum absolute atomic E-state index is 0.126. The van der Waals surface area contributed by atoms with Gasteiger partial charge in [-0.25, -0.2) is 8.78 Å². The van der Waals surface area contributed by atoms with Crippen LogP contribution in [0.4, 0.5) is 8.78 Å². The first-order valence-electron chi connectivity index (χ1n) is 6.40. The van der Waals surface area contributed by atoms with Gasteiger partial charge in [0.15, 0.2) is 0 Å². The Labute approximate surface area is 107 Å². The van der Waals surface area contributed by atoms with E-state index < -0.39 is 11.6 Å². The molecular formula is C14H21F2NO. The zero-order valence-electron chi connectivity index (χ0n) is 10.9. The van der Waals surface area contributed by atoms with Crippen LogP contribution in [0.2, 0.25) is 0 Å². The summed E-state index contributed by atoms with van der Waals surface area (Å²) in [5.41, 5.74) is 0.495. The molecule has 18 heavy (non-hydrogen) atoms. The predicted octanol–water partition coefficient (Wildman–Crippen LogP) is 3.17. The van der Waals surface area contributed by atoms with Crippen LogP contribution in [-0.2, 0) is 0 Å². The van der Waals surface area contributed by atoms with Crippen molar-refractivity contribution in [3.8, 4) is 0 Å². The molecule has 0 heterocycles. The molecule has 2 N–H and O–H groups in total. The first-order valence-corrected chi connectivity index (χ1v) is 6.40. The van der Waals surface area contributed by atoms with Gasteiger partial charge in [0.25, 0.3) is 0 Å². The van der Waals surface area contributed by atoms with Gasteiger partial charge in [-0.1, -0.05) is 13.0 Å². The molecule has 0 radical (unpaired) electrons. The summed E-state index contributed by atoms with van der Waals surface area (Å²) in [6.07, 6.45) is 2.28. The highest BCUT2D eigenvalue weighted by Gasteiger charge is 2.16. The topological polar surface area (TPSA) is 32.3 Å². The first-order chi connectivity index (χ1) is 8.58. The fraction of sp³-hybridized carbons (Fsp3) is 0.571. The molecule has 1 aromatic carbocycles. The lowest BCUT2D eigenvalue weighted by Crippen LogP contribution is -2.31. The summed E-state index contributed by atoms with van der Waals surface area (Å²) in [5, 5.41) is 12.1. The van der Waals surface area contributed by atoms with E-state index in [4.69, 9.17) is 5.11 Å². The molecule has 1 rings (SSSR count). The van der Waals surface area contributed by atoms with E-state index in [0.29, 0.717) is 5.56 Å². The monoisotopic (exact) mass is 257 g/mol. The lowest BCUT2D eigenvalue weighted by Gasteiger charge is -2.23. The average Bonchev–Trinajstić information content (AvgIpc) is 2.34. The second-order valence-electron chi connectivity index (χ2n) is 4.56. The van der Waals surface area contributed by atoms with Crippen LogP contribution in [0.15, 0.2) is 18.2 Å². The van der Waals surface area contributed by atoms with Gasteiger partial charge >= 0.3 is 0 Å². The highest BCUT2D eigenvalue weighted by atomic mass is 19.1. The Morgan fingerprint density at radius 2 is 2.06 bits per heavy atom. The highest BCUT2D eigenvalue weighted by Crippen LogP contribution is 2.21. The van der Waals surface area contributed by atoms with Gasteiger partial charge in [0.1, 0.15) is 11.6 Å². The molecule has 0 amide bonds. The Morgan fingerprint density at radius 3 is 2.61 bits per heavy atom. The van der Waals surface area contributed by atoms with E-state index in [2.05, 4.69) is 5.32 Å². The van der Waals surface area contributed by atoms with Crippen LogP contribution >= 0.6 is 0 Å². The molecule has 0 saturated carbocycles. The maximum atomic E-state index is 13.7. The van der Waals surface area contributed by atoms with Gasteiger partial charge in [0.05, 0.1) is 0 Å². The first kappa shape index (κ1) is 15.1. The van der Waals surface area contributed by atoms with Crippen molar-refractivity contribution < 1.29 is 13.9 Å². The van der Waals surface area contributed by atoms with E-state index in [0.717, 1.165) is 25.3 Å². The summed E-state index contributed by atoms with van der Waals surface area (Å²) in [5.74, 6) is -1.07. The fourth-order valence-corrected chi connectivity index (χ4v) is 2.04. The van der Waals surface area contributed by atoms with E-state index in [-0.39, 0.29) is 18.7 Å². The summed E-state index contributed by atoms with van der Waals surface area (Å²) in [7, 11) is 0. The van der Waals surface area contributed by atoms with Crippen molar-refractivity contribution in [2.24, 2.45) is 0 Å². The second-order valence-corrected chi connectivity index (χ2v) is 4.56. The number of aliphatic hydroxyl groups is 1. The molecule has 0 bridgehead atoms. The SMILES string of the molecule is CCC(NC(C)CCCO)c1ccc(F)cc1F. The smallest absolute Gasteiger partial charge is 0.130 e. The largest absolute Gasteiger partial charge is 0.396 e. The third-order valence-electron chi connectivity index (χ3n) is 3.03. The molecule has 0 saturated heterocycles. The third kappa shape index (κ3) is 4.35. The van der Waals surface area contributed by atoms with Crippen molar-refractivity contribution in [3.05, 3.63) is 35.4 Å². The van der Waals surface area contributed by atoms with Crippen molar-refractivity contribution in [1.82, 2.24) is 5.32 Å². The highest BCUT2D eigenvalue weighted by molar-refractivity contribution is 5.22. The van der Waals surface area contributed by atoms with Crippen molar-refractivity contribution in [3.63, 3.8) is 0 Å². The summed E-state index contributed by atoms with van der Waals surface area (Å²) < 4.78 is 26.5. The maximum absolute atomic E-state index is 13.7. The molecule has 0 aliphatic carbocycles.